The highest BCUT2D eigenvalue weighted by atomic mass is 35.5. The molecule has 2 N–H and O–H groups in total. The van der Waals surface area contributed by atoms with E-state index in [0.29, 0.717) is 16.1 Å². The van der Waals surface area contributed by atoms with Crippen molar-refractivity contribution < 1.29 is 0 Å². The van der Waals surface area contributed by atoms with Gasteiger partial charge < -0.3 is 10.6 Å². The minimum absolute atomic E-state index is 0.202. The predicted molar refractivity (Wildman–Crippen MR) is 99.4 cm³/mol. The van der Waals surface area contributed by atoms with Gasteiger partial charge in [-0.2, -0.15) is 0 Å². The number of hydrogen-bond donors (Lipinski definition) is 2. The number of benzene rings is 2. The molecule has 22 heavy (non-hydrogen) atoms. The van der Waals surface area contributed by atoms with Gasteiger partial charge in [0.05, 0.1) is 6.04 Å². The molecule has 0 fully saturated rings. The van der Waals surface area contributed by atoms with Crippen molar-refractivity contribution >= 4 is 34.6 Å². The molecule has 0 amide bonds. The predicted octanol–water partition coefficient (Wildman–Crippen LogP) is 5.41. The van der Waals surface area contributed by atoms with E-state index in [9.17, 15) is 0 Å². The van der Waals surface area contributed by atoms with Crippen LogP contribution in [0.1, 0.15) is 31.9 Å². The standard InChI is InChI=1S/C18H21ClN2S/c1-13(2)12-17(14-6-4-3-5-7-14)21-18(22)20-16-10-8-15(19)9-11-16/h3-11,13,17H,12H2,1-2H3,(H2,20,21,22)/t17-/m0/s1. The lowest BCUT2D eigenvalue weighted by Crippen LogP contribution is -2.33. The number of thiocarbonyl (C=S) groups is 1. The molecule has 2 aromatic carbocycles. The van der Waals surface area contributed by atoms with Crippen LogP contribution in [0.5, 0.6) is 0 Å². The summed E-state index contributed by atoms with van der Waals surface area (Å²) in [5.74, 6) is 0.580. The average molecular weight is 333 g/mol. The number of anilines is 1. The molecule has 0 aliphatic heterocycles. The zero-order valence-electron chi connectivity index (χ0n) is 12.8. The summed E-state index contributed by atoms with van der Waals surface area (Å²) in [6, 6.07) is 18.1. The van der Waals surface area contributed by atoms with Gasteiger partial charge in [0.15, 0.2) is 5.11 Å². The van der Waals surface area contributed by atoms with Gasteiger partial charge in [0.1, 0.15) is 0 Å². The molecule has 2 aromatic rings. The van der Waals surface area contributed by atoms with E-state index in [1.807, 2.05) is 30.3 Å². The largest absolute Gasteiger partial charge is 0.356 e. The van der Waals surface area contributed by atoms with Crippen molar-refractivity contribution in [1.82, 2.24) is 5.32 Å². The first-order chi connectivity index (χ1) is 10.5. The highest BCUT2D eigenvalue weighted by Gasteiger charge is 2.14. The summed E-state index contributed by atoms with van der Waals surface area (Å²) < 4.78 is 0. The third kappa shape index (κ3) is 5.32. The molecular formula is C18H21ClN2S. The number of rotatable bonds is 5. The van der Waals surface area contributed by atoms with Crippen molar-refractivity contribution in [2.75, 3.05) is 5.32 Å². The lowest BCUT2D eigenvalue weighted by atomic mass is 9.97. The summed E-state index contributed by atoms with van der Waals surface area (Å²) in [6.07, 6.45) is 1.02. The van der Waals surface area contributed by atoms with Gasteiger partial charge in [-0.25, -0.2) is 0 Å². The second-order valence-electron chi connectivity index (χ2n) is 5.70. The fourth-order valence-corrected chi connectivity index (χ4v) is 2.68. The maximum Gasteiger partial charge on any atom is 0.171 e. The van der Waals surface area contributed by atoms with Crippen LogP contribution in [-0.2, 0) is 0 Å². The van der Waals surface area contributed by atoms with Gasteiger partial charge >= 0.3 is 0 Å². The van der Waals surface area contributed by atoms with Crippen LogP contribution in [0.15, 0.2) is 54.6 Å². The van der Waals surface area contributed by atoms with Gasteiger partial charge in [-0.3, -0.25) is 0 Å². The van der Waals surface area contributed by atoms with Gasteiger partial charge in [-0.15, -0.1) is 0 Å². The zero-order chi connectivity index (χ0) is 15.9. The highest BCUT2D eigenvalue weighted by Crippen LogP contribution is 2.21. The Balaban J connectivity index is 2.03. The van der Waals surface area contributed by atoms with E-state index in [2.05, 4.69) is 48.7 Å². The normalized spacial score (nSPS) is 12.0. The Hall–Kier alpha value is -1.58. The molecule has 4 heteroatoms. The molecule has 0 aromatic heterocycles. The first-order valence-corrected chi connectivity index (χ1v) is 8.21. The first-order valence-electron chi connectivity index (χ1n) is 7.42. The smallest absolute Gasteiger partial charge is 0.171 e. The molecule has 0 aliphatic rings. The van der Waals surface area contributed by atoms with Gasteiger partial charge in [0.2, 0.25) is 0 Å². The van der Waals surface area contributed by atoms with Crippen molar-refractivity contribution in [2.24, 2.45) is 5.92 Å². The van der Waals surface area contributed by atoms with Crippen molar-refractivity contribution in [3.8, 4) is 0 Å². The maximum absolute atomic E-state index is 5.89. The van der Waals surface area contributed by atoms with Crippen molar-refractivity contribution in [3.63, 3.8) is 0 Å². The Kier molecular flexibility index (Phi) is 6.22. The third-order valence-electron chi connectivity index (χ3n) is 3.32. The average Bonchev–Trinajstić information content (AvgIpc) is 2.49. The van der Waals surface area contributed by atoms with E-state index < -0.39 is 0 Å². The minimum Gasteiger partial charge on any atom is -0.356 e. The lowest BCUT2D eigenvalue weighted by Gasteiger charge is -2.23. The Bertz CT molecular complexity index is 596. The Morgan fingerprint density at radius 3 is 2.27 bits per heavy atom. The fraction of sp³-hybridized carbons (Fsp3) is 0.278. The van der Waals surface area contributed by atoms with Crippen LogP contribution in [0.25, 0.3) is 0 Å². The number of hydrogen-bond acceptors (Lipinski definition) is 1. The summed E-state index contributed by atoms with van der Waals surface area (Å²) >= 11 is 11.3. The van der Waals surface area contributed by atoms with Gasteiger partial charge in [0.25, 0.3) is 0 Å². The van der Waals surface area contributed by atoms with Crippen LogP contribution >= 0.6 is 23.8 Å². The SMILES string of the molecule is CC(C)C[C@H](NC(=S)Nc1ccc(Cl)cc1)c1ccccc1. The van der Waals surface area contributed by atoms with Crippen LogP contribution in [0.2, 0.25) is 5.02 Å². The van der Waals surface area contributed by atoms with Gasteiger partial charge in [0, 0.05) is 10.7 Å². The van der Waals surface area contributed by atoms with E-state index in [4.69, 9.17) is 23.8 Å². The van der Waals surface area contributed by atoms with Crippen molar-refractivity contribution in [3.05, 3.63) is 65.2 Å². The van der Waals surface area contributed by atoms with E-state index in [0.717, 1.165) is 12.1 Å². The molecule has 0 unspecified atom stereocenters. The zero-order valence-corrected chi connectivity index (χ0v) is 14.4. The maximum atomic E-state index is 5.89. The van der Waals surface area contributed by atoms with Crippen LogP contribution in [0.4, 0.5) is 5.69 Å². The van der Waals surface area contributed by atoms with Gasteiger partial charge in [-0.1, -0.05) is 55.8 Å². The summed E-state index contributed by atoms with van der Waals surface area (Å²) in [5, 5.41) is 7.96. The van der Waals surface area contributed by atoms with Crippen LogP contribution < -0.4 is 10.6 Å². The lowest BCUT2D eigenvalue weighted by molar-refractivity contribution is 0.481. The molecule has 1 atom stereocenters. The number of halogens is 1. The van der Waals surface area contributed by atoms with E-state index in [1.165, 1.54) is 5.56 Å². The van der Waals surface area contributed by atoms with E-state index in [-0.39, 0.29) is 6.04 Å². The third-order valence-corrected chi connectivity index (χ3v) is 3.79. The Labute approximate surface area is 142 Å². The molecule has 2 nitrogen and oxygen atoms in total. The second-order valence-corrected chi connectivity index (χ2v) is 6.54. The highest BCUT2D eigenvalue weighted by molar-refractivity contribution is 7.80. The minimum atomic E-state index is 0.202. The van der Waals surface area contributed by atoms with Crippen molar-refractivity contribution in [2.45, 2.75) is 26.3 Å². The molecule has 0 spiro atoms. The molecule has 0 heterocycles. The monoisotopic (exact) mass is 332 g/mol. The van der Waals surface area contributed by atoms with Crippen LogP contribution in [-0.4, -0.2) is 5.11 Å². The van der Waals surface area contributed by atoms with E-state index in [1.54, 1.807) is 0 Å². The summed E-state index contributed by atoms with van der Waals surface area (Å²) in [6.45, 7) is 4.43. The Morgan fingerprint density at radius 2 is 1.68 bits per heavy atom. The Morgan fingerprint density at radius 1 is 1.05 bits per heavy atom. The molecule has 0 aliphatic carbocycles. The summed E-state index contributed by atoms with van der Waals surface area (Å²) in [4.78, 5) is 0. The van der Waals surface area contributed by atoms with Crippen LogP contribution in [0, 0.1) is 5.92 Å². The molecule has 0 saturated heterocycles. The molecule has 0 saturated carbocycles. The molecular weight excluding hydrogens is 312 g/mol. The number of nitrogens with one attached hydrogen (secondary N) is 2. The van der Waals surface area contributed by atoms with Crippen LogP contribution in [0.3, 0.4) is 0 Å². The molecule has 0 radical (unpaired) electrons. The van der Waals surface area contributed by atoms with Gasteiger partial charge in [-0.05, 0) is 54.4 Å². The fourth-order valence-electron chi connectivity index (χ4n) is 2.29. The molecule has 116 valence electrons. The summed E-state index contributed by atoms with van der Waals surface area (Å²) in [7, 11) is 0. The van der Waals surface area contributed by atoms with E-state index >= 15 is 0 Å². The molecule has 2 rings (SSSR count). The first kappa shape index (κ1) is 16.8. The topological polar surface area (TPSA) is 24.1 Å². The second kappa shape index (κ2) is 8.16. The summed E-state index contributed by atoms with van der Waals surface area (Å²) in [5.41, 5.74) is 2.18. The molecule has 0 bridgehead atoms. The quantitative estimate of drug-likeness (QED) is 0.715. The van der Waals surface area contributed by atoms with Crippen molar-refractivity contribution in [1.29, 1.82) is 0 Å².